The molecule has 0 saturated heterocycles. The molecule has 3 N–H and O–H groups in total. The molecular weight excluding hydrogens is 728 g/mol. The summed E-state index contributed by atoms with van der Waals surface area (Å²) in [6.45, 7) is 10.2. The number of nitrogens with one attached hydrogen (secondary N) is 2. The van der Waals surface area contributed by atoms with Crippen molar-refractivity contribution in [1.82, 2.24) is 19.7 Å². The average molecular weight is 758 g/mol. The molecule has 1 aliphatic heterocycles. The van der Waals surface area contributed by atoms with Crippen molar-refractivity contribution in [2.45, 2.75) is 48.1 Å². The van der Waals surface area contributed by atoms with E-state index in [0.717, 1.165) is 20.8 Å². The number of benzene rings is 1. The second-order valence-corrected chi connectivity index (χ2v) is 13.3. The van der Waals surface area contributed by atoms with Gasteiger partial charge in [0.1, 0.15) is 16.4 Å². The van der Waals surface area contributed by atoms with Crippen molar-refractivity contribution in [2.75, 3.05) is 10.6 Å². The van der Waals surface area contributed by atoms with Gasteiger partial charge in [0.05, 0.1) is 40.6 Å². The van der Waals surface area contributed by atoms with Crippen LogP contribution in [0, 0.1) is 31.2 Å². The van der Waals surface area contributed by atoms with E-state index in [1.165, 1.54) is 25.5 Å². The molecule has 0 bridgehead atoms. The van der Waals surface area contributed by atoms with Gasteiger partial charge in [-0.1, -0.05) is 17.3 Å². The number of hydrogen-bond acceptors (Lipinski definition) is 14. The number of ketones is 1. The fourth-order valence-corrected chi connectivity index (χ4v) is 5.70. The molecule has 1 aromatic carbocycles. The maximum absolute atomic E-state index is 14.0. The molecule has 0 saturated carbocycles. The van der Waals surface area contributed by atoms with E-state index in [0.29, 0.717) is 10.9 Å². The average Bonchev–Trinajstić information content (AvgIpc) is 3.88. The molecule has 17 heteroatoms. The van der Waals surface area contributed by atoms with Gasteiger partial charge in [0.15, 0.2) is 16.8 Å². The Morgan fingerprint density at radius 1 is 1.00 bits per heavy atom. The zero-order valence-electron chi connectivity index (χ0n) is 28.0. The molecule has 6 rings (SSSR count). The number of aromatic hydroxyl groups is 1. The van der Waals surface area contributed by atoms with Crippen LogP contribution in [0.5, 0.6) is 5.88 Å². The summed E-state index contributed by atoms with van der Waals surface area (Å²) in [5.74, 6) is 0.759. The van der Waals surface area contributed by atoms with Crippen LogP contribution in [-0.2, 0) is 23.6 Å². The summed E-state index contributed by atoms with van der Waals surface area (Å²) in [5, 5.41) is 34.5. The van der Waals surface area contributed by atoms with E-state index in [2.05, 4.69) is 43.0 Å². The van der Waals surface area contributed by atoms with Crippen molar-refractivity contribution in [3.05, 3.63) is 85.5 Å². The molecule has 51 heavy (non-hydrogen) atoms. The summed E-state index contributed by atoms with van der Waals surface area (Å²) in [5.41, 5.74) is -1.68. The number of aromatic nitrogens is 3. The maximum atomic E-state index is 14.0. The van der Waals surface area contributed by atoms with Crippen molar-refractivity contribution < 1.29 is 45.4 Å². The fourth-order valence-electron chi connectivity index (χ4n) is 5.07. The molecular formula is C34H30CuN8O7S+2. The summed E-state index contributed by atoms with van der Waals surface area (Å²) < 4.78 is 12.0. The number of carbonyl (C=O) groups excluding carboxylic acids is 3. The molecule has 1 aliphatic rings. The number of imide groups is 1. The quantitative estimate of drug-likeness (QED) is 0.0462. The van der Waals surface area contributed by atoms with Crippen LogP contribution in [0.15, 0.2) is 66.7 Å². The van der Waals surface area contributed by atoms with Crippen LogP contribution in [0.25, 0.3) is 0 Å². The number of hydrogen-bond donors (Lipinski definition) is 3. The molecule has 1 radical (unpaired) electrons. The normalized spacial score (nSPS) is 12.5. The molecule has 5 heterocycles. The van der Waals surface area contributed by atoms with E-state index in [-0.39, 0.29) is 79.5 Å². The van der Waals surface area contributed by atoms with Crippen molar-refractivity contribution in [3.8, 4) is 17.8 Å². The number of fused-ring (bicyclic) bond motifs is 1. The molecule has 15 nitrogen and oxygen atoms in total. The molecule has 0 fully saturated rings. The van der Waals surface area contributed by atoms with Gasteiger partial charge in [-0.2, -0.15) is 4.90 Å². The Bertz CT molecular complexity index is 2330. The summed E-state index contributed by atoms with van der Waals surface area (Å²) in [4.78, 5) is 55.5. The Morgan fingerprint density at radius 3 is 2.22 bits per heavy atom. The van der Waals surface area contributed by atoms with E-state index in [1.54, 1.807) is 38.1 Å². The van der Waals surface area contributed by atoms with Gasteiger partial charge in [0.2, 0.25) is 11.7 Å². The Kier molecular flexibility index (Phi) is 10.1. The predicted molar refractivity (Wildman–Crippen MR) is 183 cm³/mol. The minimum Gasteiger partial charge on any atom is -0.493 e. The van der Waals surface area contributed by atoms with Gasteiger partial charge in [-0.15, -0.1) is 20.4 Å². The monoisotopic (exact) mass is 757 g/mol. The number of amides is 2. The van der Waals surface area contributed by atoms with Crippen molar-refractivity contribution in [3.63, 3.8) is 0 Å². The van der Waals surface area contributed by atoms with E-state index < -0.39 is 34.5 Å². The second kappa shape index (κ2) is 14.2. The smallest absolute Gasteiger partial charge is 0.493 e. The Labute approximate surface area is 305 Å². The molecule has 0 spiro atoms. The van der Waals surface area contributed by atoms with Crippen molar-refractivity contribution in [1.29, 1.82) is 0 Å². The second-order valence-electron chi connectivity index (χ2n) is 12.1. The molecule has 5 aromatic rings. The number of azo groups is 1. The van der Waals surface area contributed by atoms with Gasteiger partial charge in [0, 0.05) is 30.1 Å². The number of anilines is 4. The van der Waals surface area contributed by atoms with Crippen molar-refractivity contribution in [2.24, 2.45) is 15.6 Å². The van der Waals surface area contributed by atoms with Crippen LogP contribution in [0.4, 0.5) is 34.5 Å². The summed E-state index contributed by atoms with van der Waals surface area (Å²) >= 11 is 1.01. The van der Waals surface area contributed by atoms with E-state index >= 15 is 0 Å². The van der Waals surface area contributed by atoms with Crippen LogP contribution in [0.1, 0.15) is 74.3 Å². The third-order valence-electron chi connectivity index (χ3n) is 7.41. The minimum absolute atomic E-state index is 0. The zero-order valence-corrected chi connectivity index (χ0v) is 29.8. The minimum atomic E-state index is -0.760. The predicted octanol–water partition coefficient (Wildman–Crippen LogP) is 6.96. The van der Waals surface area contributed by atoms with E-state index in [9.17, 15) is 24.3 Å². The third-order valence-corrected chi connectivity index (χ3v) is 8.25. The maximum Gasteiger partial charge on any atom is 2.00 e. The first-order chi connectivity index (χ1) is 23.8. The van der Waals surface area contributed by atoms with Crippen LogP contribution in [-0.4, -0.2) is 42.4 Å². The summed E-state index contributed by atoms with van der Waals surface area (Å²) in [7, 11) is 0. The van der Waals surface area contributed by atoms with E-state index in [1.807, 2.05) is 20.8 Å². The molecule has 263 valence electrons. The molecule has 4 aromatic heterocycles. The van der Waals surface area contributed by atoms with Crippen LogP contribution < -0.4 is 16.2 Å². The number of aryl methyl sites for hydroxylation is 1. The van der Waals surface area contributed by atoms with Gasteiger partial charge < -0.3 is 24.6 Å². The molecule has 0 unspecified atom stereocenters. The number of carbonyl (C=O) groups is 3. The number of pyridine rings is 1. The van der Waals surface area contributed by atoms with Crippen molar-refractivity contribution >= 4 is 63.5 Å². The number of furan rings is 2. The first-order valence-corrected chi connectivity index (χ1v) is 16.1. The van der Waals surface area contributed by atoms with Crippen LogP contribution in [0.3, 0.4) is 0 Å². The first kappa shape index (κ1) is 36.5. The zero-order chi connectivity index (χ0) is 35.9. The third kappa shape index (κ3) is 6.97. The Morgan fingerprint density at radius 2 is 1.65 bits per heavy atom. The van der Waals surface area contributed by atoms with Gasteiger partial charge in [-0.25, -0.2) is 0 Å². The Balaban J connectivity index is 0.00000504. The summed E-state index contributed by atoms with van der Waals surface area (Å²) in [6.07, 6.45) is 2.88. The Hall–Kier alpha value is -5.82. The first-order valence-electron chi connectivity index (χ1n) is 15.3. The topological polar surface area (TPSA) is 198 Å². The largest absolute Gasteiger partial charge is 2.00 e. The SMILES string of the molecule is CCn1c(O)c(N=Nc2c(Nc3ccco3)c(Nc3ccco3)cc3c2C(=O)N(C#CC(C)(C)C)C3=O)c(C)c(C(=O)c2nnc(C)s2)c1=O.[Cu+2]. The number of rotatable bonds is 9. The van der Waals surface area contributed by atoms with Gasteiger partial charge in [-0.05, 0) is 65.3 Å². The van der Waals surface area contributed by atoms with Gasteiger partial charge >= 0.3 is 17.1 Å². The molecule has 0 aliphatic carbocycles. The van der Waals surface area contributed by atoms with Gasteiger partial charge in [-0.3, -0.25) is 23.7 Å². The van der Waals surface area contributed by atoms with E-state index in [4.69, 9.17) is 8.83 Å². The molecule has 0 atom stereocenters. The van der Waals surface area contributed by atoms with Gasteiger partial charge in [0.25, 0.3) is 17.4 Å². The number of nitrogens with zero attached hydrogens (tertiary/aromatic N) is 6. The standard InChI is InChI=1S/C34H30N8O7S.Cu/c1-7-41-31(45)23(28(43)29-40-37-18(3)50-29)17(2)25(33(41)47)38-39-27-24-19(30(44)42(32(24)46)13-12-34(4,5)6)16-20(35-21-10-8-14-48-21)26(27)36-22-11-9-15-49-22;/h8-11,14-16,35-36,47H,7H2,1-6H3;/q;+2. The van der Waals surface area contributed by atoms with Crippen LogP contribution >= 0.6 is 11.3 Å². The summed E-state index contributed by atoms with van der Waals surface area (Å²) in [6, 6.07) is 10.7. The van der Waals surface area contributed by atoms with Crippen LogP contribution in [0.2, 0.25) is 0 Å². The molecule has 2 amide bonds. The fraction of sp³-hybridized carbons (Fsp3) is 0.235.